The number of anilines is 1. The van der Waals surface area contributed by atoms with Gasteiger partial charge in [-0.15, -0.1) is 0 Å². The van der Waals surface area contributed by atoms with Crippen LogP contribution in [0.5, 0.6) is 0 Å². The van der Waals surface area contributed by atoms with Gasteiger partial charge in [0.1, 0.15) is 5.69 Å². The van der Waals surface area contributed by atoms with Gasteiger partial charge in [-0.1, -0.05) is 6.92 Å². The molecule has 1 saturated heterocycles. The molecule has 0 aromatic heterocycles. The minimum Gasteiger partial charge on any atom is -0.366 e. The number of piperidine rings is 1. The number of nitro benzene ring substituents is 1. The molecule has 114 valence electrons. The van der Waals surface area contributed by atoms with Gasteiger partial charge in [0.15, 0.2) is 0 Å². The van der Waals surface area contributed by atoms with Crippen LogP contribution in [0.3, 0.4) is 0 Å². The molecule has 21 heavy (non-hydrogen) atoms. The van der Waals surface area contributed by atoms with Crippen LogP contribution in [-0.2, 0) is 0 Å². The van der Waals surface area contributed by atoms with E-state index in [-0.39, 0.29) is 17.3 Å². The highest BCUT2D eigenvalue weighted by atomic mass is 16.6. The van der Waals surface area contributed by atoms with E-state index in [2.05, 4.69) is 6.92 Å². The fraction of sp³-hybridized carbons (Fsp3) is 0.500. The second-order valence-electron chi connectivity index (χ2n) is 5.54. The van der Waals surface area contributed by atoms with E-state index >= 15 is 0 Å². The van der Waals surface area contributed by atoms with Crippen LogP contribution in [0.4, 0.5) is 11.4 Å². The van der Waals surface area contributed by atoms with Crippen LogP contribution in [0.15, 0.2) is 18.2 Å². The molecule has 1 aromatic carbocycles. The molecule has 0 radical (unpaired) electrons. The number of hydrogen-bond donors (Lipinski definition) is 2. The zero-order chi connectivity index (χ0) is 15.6. The summed E-state index contributed by atoms with van der Waals surface area (Å²) in [7, 11) is 0. The molecule has 4 N–H and O–H groups in total. The van der Waals surface area contributed by atoms with E-state index in [0.29, 0.717) is 18.2 Å². The molecule has 7 heteroatoms. The molecule has 0 aliphatic carbocycles. The highest BCUT2D eigenvalue weighted by Crippen LogP contribution is 2.34. The largest absolute Gasteiger partial charge is 0.366 e. The number of benzene rings is 1. The number of nitrogens with two attached hydrogens (primary N) is 2. The van der Waals surface area contributed by atoms with Crippen molar-refractivity contribution in [1.82, 2.24) is 0 Å². The highest BCUT2D eigenvalue weighted by molar-refractivity contribution is 5.94. The monoisotopic (exact) mass is 292 g/mol. The van der Waals surface area contributed by atoms with Crippen LogP contribution < -0.4 is 16.4 Å². The van der Waals surface area contributed by atoms with Crippen LogP contribution in [0, 0.1) is 16.0 Å². The Morgan fingerprint density at radius 2 is 2.24 bits per heavy atom. The van der Waals surface area contributed by atoms with E-state index in [4.69, 9.17) is 11.5 Å². The predicted molar refractivity (Wildman–Crippen MR) is 80.2 cm³/mol. The first-order valence-corrected chi connectivity index (χ1v) is 6.99. The first-order valence-electron chi connectivity index (χ1n) is 6.99. The fourth-order valence-corrected chi connectivity index (χ4v) is 2.86. The Labute approximate surface area is 123 Å². The number of carbonyl (C=O) groups is 1. The molecule has 2 unspecified atom stereocenters. The zero-order valence-electron chi connectivity index (χ0n) is 12.0. The Morgan fingerprint density at radius 1 is 1.52 bits per heavy atom. The molecular weight excluding hydrogens is 272 g/mol. The predicted octanol–water partition coefficient (Wildman–Crippen LogP) is 1.26. The number of hydrogen-bond acceptors (Lipinski definition) is 5. The summed E-state index contributed by atoms with van der Waals surface area (Å²) in [6.45, 7) is 3.32. The molecule has 1 heterocycles. The SMILES string of the molecule is CC1CCN(c2ccc(C(N)=O)cc2[N+](=O)[O-])C(CN)C1. The van der Waals surface area contributed by atoms with Crippen molar-refractivity contribution in [3.63, 3.8) is 0 Å². The average Bonchev–Trinajstić information content (AvgIpc) is 2.46. The lowest BCUT2D eigenvalue weighted by atomic mass is 9.91. The highest BCUT2D eigenvalue weighted by Gasteiger charge is 2.30. The molecule has 1 aliphatic heterocycles. The summed E-state index contributed by atoms with van der Waals surface area (Å²) in [4.78, 5) is 24.0. The Bertz CT molecular complexity index is 561. The zero-order valence-corrected chi connectivity index (χ0v) is 12.0. The minimum absolute atomic E-state index is 0.0758. The quantitative estimate of drug-likeness (QED) is 0.640. The number of amides is 1. The summed E-state index contributed by atoms with van der Waals surface area (Å²) in [6, 6.07) is 4.43. The number of nitrogens with zero attached hydrogens (tertiary/aromatic N) is 2. The summed E-state index contributed by atoms with van der Waals surface area (Å²) in [5, 5.41) is 11.3. The lowest BCUT2D eigenvalue weighted by Gasteiger charge is -2.39. The van der Waals surface area contributed by atoms with Gasteiger partial charge < -0.3 is 16.4 Å². The van der Waals surface area contributed by atoms with Crippen molar-refractivity contribution in [2.75, 3.05) is 18.0 Å². The molecule has 1 aliphatic rings. The topological polar surface area (TPSA) is 115 Å². The molecule has 2 rings (SSSR count). The molecule has 0 saturated carbocycles. The fourth-order valence-electron chi connectivity index (χ4n) is 2.86. The smallest absolute Gasteiger partial charge is 0.293 e. The van der Waals surface area contributed by atoms with Gasteiger partial charge >= 0.3 is 0 Å². The number of carbonyl (C=O) groups excluding carboxylic acids is 1. The summed E-state index contributed by atoms with van der Waals surface area (Å²) in [5.74, 6) is -0.119. The maximum Gasteiger partial charge on any atom is 0.293 e. The Kier molecular flexibility index (Phi) is 4.42. The van der Waals surface area contributed by atoms with Crippen molar-refractivity contribution >= 4 is 17.3 Å². The second kappa shape index (κ2) is 6.09. The van der Waals surface area contributed by atoms with Gasteiger partial charge in [0, 0.05) is 30.8 Å². The number of primary amides is 1. The standard InChI is InChI=1S/C14H20N4O3/c1-9-4-5-17(11(6-9)8-15)12-3-2-10(14(16)19)7-13(12)18(20)21/h2-3,7,9,11H,4-6,8,15H2,1H3,(H2,16,19). The lowest BCUT2D eigenvalue weighted by molar-refractivity contribution is -0.384. The van der Waals surface area contributed by atoms with E-state index in [1.54, 1.807) is 6.07 Å². The molecule has 7 nitrogen and oxygen atoms in total. The third kappa shape index (κ3) is 3.13. The maximum absolute atomic E-state index is 11.3. The molecule has 1 fully saturated rings. The summed E-state index contributed by atoms with van der Waals surface area (Å²) in [5.41, 5.74) is 11.5. The van der Waals surface area contributed by atoms with Crippen LogP contribution in [0.2, 0.25) is 0 Å². The van der Waals surface area contributed by atoms with E-state index in [1.165, 1.54) is 12.1 Å². The Hall–Kier alpha value is -2.15. The molecule has 0 bridgehead atoms. The van der Waals surface area contributed by atoms with Gasteiger partial charge in [-0.2, -0.15) is 0 Å². The normalized spacial score (nSPS) is 22.1. The van der Waals surface area contributed by atoms with Crippen LogP contribution in [-0.4, -0.2) is 30.0 Å². The van der Waals surface area contributed by atoms with E-state index < -0.39 is 10.8 Å². The Balaban J connectivity index is 2.42. The average molecular weight is 292 g/mol. The van der Waals surface area contributed by atoms with Crippen molar-refractivity contribution in [3.8, 4) is 0 Å². The summed E-state index contributed by atoms with van der Waals surface area (Å²) < 4.78 is 0. The first-order chi connectivity index (χ1) is 9.93. The third-order valence-electron chi connectivity index (χ3n) is 4.02. The maximum atomic E-state index is 11.3. The second-order valence-corrected chi connectivity index (χ2v) is 5.54. The van der Waals surface area contributed by atoms with Crippen LogP contribution >= 0.6 is 0 Å². The van der Waals surface area contributed by atoms with Crippen LogP contribution in [0.25, 0.3) is 0 Å². The van der Waals surface area contributed by atoms with Crippen LogP contribution in [0.1, 0.15) is 30.1 Å². The molecule has 1 aromatic rings. The number of nitro groups is 1. The Morgan fingerprint density at radius 3 is 2.81 bits per heavy atom. The molecule has 2 atom stereocenters. The van der Waals surface area contributed by atoms with Crippen molar-refractivity contribution in [1.29, 1.82) is 0 Å². The summed E-state index contributed by atoms with van der Waals surface area (Å²) >= 11 is 0. The lowest BCUT2D eigenvalue weighted by Crippen LogP contribution is -2.46. The van der Waals surface area contributed by atoms with Crippen molar-refractivity contribution in [2.24, 2.45) is 17.4 Å². The molecule has 1 amide bonds. The van der Waals surface area contributed by atoms with Gasteiger partial charge in [0.2, 0.25) is 5.91 Å². The van der Waals surface area contributed by atoms with Crippen molar-refractivity contribution < 1.29 is 9.72 Å². The van der Waals surface area contributed by atoms with Gasteiger partial charge in [-0.25, -0.2) is 0 Å². The van der Waals surface area contributed by atoms with Crippen molar-refractivity contribution in [2.45, 2.75) is 25.8 Å². The summed E-state index contributed by atoms with van der Waals surface area (Å²) in [6.07, 6.45) is 1.87. The van der Waals surface area contributed by atoms with Crippen molar-refractivity contribution in [3.05, 3.63) is 33.9 Å². The van der Waals surface area contributed by atoms with Gasteiger partial charge in [-0.3, -0.25) is 14.9 Å². The van der Waals surface area contributed by atoms with E-state index in [0.717, 1.165) is 19.4 Å². The first kappa shape index (κ1) is 15.2. The third-order valence-corrected chi connectivity index (χ3v) is 4.02. The molecule has 0 spiro atoms. The van der Waals surface area contributed by atoms with E-state index in [9.17, 15) is 14.9 Å². The number of rotatable bonds is 4. The van der Waals surface area contributed by atoms with Gasteiger partial charge in [0.25, 0.3) is 5.69 Å². The van der Waals surface area contributed by atoms with Gasteiger partial charge in [0.05, 0.1) is 4.92 Å². The van der Waals surface area contributed by atoms with E-state index in [1.807, 2.05) is 4.90 Å². The minimum atomic E-state index is -0.674. The van der Waals surface area contributed by atoms with Gasteiger partial charge in [-0.05, 0) is 30.9 Å². The molecular formula is C14H20N4O3.